The van der Waals surface area contributed by atoms with E-state index >= 15 is 0 Å². The van der Waals surface area contributed by atoms with Crippen molar-refractivity contribution in [3.8, 4) is 0 Å². The number of hydrogen-bond donors (Lipinski definition) is 4. The summed E-state index contributed by atoms with van der Waals surface area (Å²) in [5.74, 6) is -3.26. The second-order valence-corrected chi connectivity index (χ2v) is 8.44. The quantitative estimate of drug-likeness (QED) is 0.516. The second-order valence-electron chi connectivity index (χ2n) is 8.44. The number of benzene rings is 2. The van der Waals surface area contributed by atoms with E-state index in [1.807, 2.05) is 13.8 Å². The summed E-state index contributed by atoms with van der Waals surface area (Å²) >= 11 is 0. The van der Waals surface area contributed by atoms with Crippen LogP contribution in [0.25, 0.3) is 0 Å². The summed E-state index contributed by atoms with van der Waals surface area (Å²) in [6, 6.07) is 9.96. The summed E-state index contributed by atoms with van der Waals surface area (Å²) in [7, 11) is 0. The number of carbonyl (C=O) groups is 3. The van der Waals surface area contributed by atoms with Crippen molar-refractivity contribution in [2.24, 2.45) is 17.6 Å². The van der Waals surface area contributed by atoms with Crippen molar-refractivity contribution in [1.82, 2.24) is 5.32 Å². The first kappa shape index (κ1) is 23.2. The van der Waals surface area contributed by atoms with Gasteiger partial charge in [0.25, 0.3) is 0 Å². The molecule has 1 aliphatic rings. The Morgan fingerprint density at radius 1 is 1.06 bits per heavy atom. The number of halogens is 1. The lowest BCUT2D eigenvalue weighted by Crippen LogP contribution is -2.38. The Hall–Kier alpha value is -3.42. The maximum absolute atomic E-state index is 14.8. The van der Waals surface area contributed by atoms with E-state index in [0.29, 0.717) is 41.6 Å². The minimum Gasteiger partial charge on any atom is -0.481 e. The van der Waals surface area contributed by atoms with Crippen LogP contribution in [0.1, 0.15) is 61.8 Å². The van der Waals surface area contributed by atoms with E-state index in [9.17, 15) is 23.9 Å². The fourth-order valence-electron chi connectivity index (χ4n) is 4.35. The van der Waals surface area contributed by atoms with Crippen LogP contribution in [0.2, 0.25) is 0 Å². The Morgan fingerprint density at radius 2 is 1.75 bits per heavy atom. The van der Waals surface area contributed by atoms with Crippen molar-refractivity contribution in [2.75, 3.05) is 5.32 Å². The molecule has 0 aromatic heterocycles. The predicted octanol–water partition coefficient (Wildman–Crippen LogP) is 4.15. The number of para-hydroxylation sites is 1. The van der Waals surface area contributed by atoms with E-state index in [1.54, 1.807) is 36.4 Å². The molecule has 1 saturated carbocycles. The number of carboxylic acid groups (broad SMARTS) is 1. The lowest BCUT2D eigenvalue weighted by molar-refractivity contribution is -0.146. The zero-order chi connectivity index (χ0) is 23.4. The van der Waals surface area contributed by atoms with Crippen LogP contribution in [-0.4, -0.2) is 23.0 Å². The van der Waals surface area contributed by atoms with Crippen molar-refractivity contribution >= 4 is 23.6 Å². The van der Waals surface area contributed by atoms with Crippen molar-refractivity contribution < 1.29 is 23.9 Å². The minimum atomic E-state index is -0.998. The second kappa shape index (κ2) is 9.80. The maximum atomic E-state index is 14.8. The van der Waals surface area contributed by atoms with Gasteiger partial charge in [-0.25, -0.2) is 9.18 Å². The first-order valence-electron chi connectivity index (χ1n) is 10.7. The zero-order valence-corrected chi connectivity index (χ0v) is 18.1. The van der Waals surface area contributed by atoms with E-state index in [0.717, 1.165) is 0 Å². The van der Waals surface area contributed by atoms with Gasteiger partial charge in [-0.05, 0) is 42.0 Å². The van der Waals surface area contributed by atoms with Gasteiger partial charge < -0.3 is 21.5 Å². The molecule has 0 saturated heterocycles. The molecule has 1 fully saturated rings. The van der Waals surface area contributed by atoms with Gasteiger partial charge in [-0.2, -0.15) is 0 Å². The highest BCUT2D eigenvalue weighted by molar-refractivity contribution is 5.90. The Bertz CT molecular complexity index is 1020. The predicted molar refractivity (Wildman–Crippen MR) is 119 cm³/mol. The number of carboxylic acids is 1. The Balaban J connectivity index is 2.03. The van der Waals surface area contributed by atoms with E-state index in [-0.39, 0.29) is 5.92 Å². The molecule has 0 unspecified atom stereocenters. The molecule has 2 aromatic rings. The normalized spacial score (nSPS) is 18.9. The standard InChI is InChI=1S/C24H28FN3O4/c1-13(2)15-11-10-14(12-19(15)25)21(18-6-3-4-9-20(18)27-24(26)32)28-22(29)16-7-5-8-17(16)23(30)31/h3-4,6,9-13,16-17,21H,5,7-8H2,1-2H3,(H,28,29)(H,30,31)(H3,26,27,32)/t16-,17+,21-/m1/s1. The number of rotatable bonds is 7. The van der Waals surface area contributed by atoms with Gasteiger partial charge >= 0.3 is 12.0 Å². The van der Waals surface area contributed by atoms with Gasteiger partial charge in [0, 0.05) is 11.3 Å². The van der Waals surface area contributed by atoms with Crippen molar-refractivity contribution in [2.45, 2.75) is 45.1 Å². The first-order chi connectivity index (χ1) is 15.2. The highest BCUT2D eigenvalue weighted by Crippen LogP contribution is 2.35. The number of aliphatic carboxylic acids is 1. The molecule has 32 heavy (non-hydrogen) atoms. The number of anilines is 1. The summed E-state index contributed by atoms with van der Waals surface area (Å²) in [5.41, 5.74) is 7.21. The summed E-state index contributed by atoms with van der Waals surface area (Å²) < 4.78 is 14.8. The lowest BCUT2D eigenvalue weighted by Gasteiger charge is -2.25. The lowest BCUT2D eigenvalue weighted by atomic mass is 9.91. The molecule has 0 bridgehead atoms. The molecule has 0 heterocycles. The topological polar surface area (TPSA) is 122 Å². The molecule has 0 aliphatic heterocycles. The highest BCUT2D eigenvalue weighted by atomic mass is 19.1. The molecular formula is C24H28FN3O4. The van der Waals surface area contributed by atoms with Crippen molar-refractivity contribution in [3.05, 3.63) is 65.0 Å². The van der Waals surface area contributed by atoms with Gasteiger partial charge in [-0.1, -0.05) is 50.6 Å². The molecule has 3 atom stereocenters. The Morgan fingerprint density at radius 3 is 2.38 bits per heavy atom. The molecular weight excluding hydrogens is 413 g/mol. The number of primary amides is 1. The smallest absolute Gasteiger partial charge is 0.316 e. The van der Waals surface area contributed by atoms with Crippen LogP contribution in [0.4, 0.5) is 14.9 Å². The van der Waals surface area contributed by atoms with Crippen LogP contribution in [0.15, 0.2) is 42.5 Å². The van der Waals surface area contributed by atoms with Crippen LogP contribution in [-0.2, 0) is 9.59 Å². The molecule has 2 aromatic carbocycles. The van der Waals surface area contributed by atoms with Crippen LogP contribution >= 0.6 is 0 Å². The minimum absolute atomic E-state index is 0.0179. The van der Waals surface area contributed by atoms with Gasteiger partial charge in [0.2, 0.25) is 5.91 Å². The number of urea groups is 1. The molecule has 3 rings (SSSR count). The van der Waals surface area contributed by atoms with E-state index < -0.39 is 41.6 Å². The SMILES string of the molecule is CC(C)c1ccc([C@@H](NC(=O)[C@@H]2CCC[C@@H]2C(=O)O)c2ccccc2NC(N)=O)cc1F. The molecule has 5 N–H and O–H groups in total. The van der Waals surface area contributed by atoms with E-state index in [4.69, 9.17) is 5.73 Å². The molecule has 8 heteroatoms. The third-order valence-corrected chi connectivity index (χ3v) is 5.97. The monoisotopic (exact) mass is 441 g/mol. The third kappa shape index (κ3) is 5.07. The highest BCUT2D eigenvalue weighted by Gasteiger charge is 2.38. The average Bonchev–Trinajstić information content (AvgIpc) is 3.22. The van der Waals surface area contributed by atoms with E-state index in [1.165, 1.54) is 6.07 Å². The third-order valence-electron chi connectivity index (χ3n) is 5.97. The largest absolute Gasteiger partial charge is 0.481 e. The number of amides is 3. The number of hydrogen-bond acceptors (Lipinski definition) is 3. The fraction of sp³-hybridized carbons (Fsp3) is 0.375. The van der Waals surface area contributed by atoms with Crippen LogP contribution in [0.3, 0.4) is 0 Å². The first-order valence-corrected chi connectivity index (χ1v) is 10.7. The molecule has 3 amide bonds. The Labute approximate surface area is 186 Å². The fourth-order valence-corrected chi connectivity index (χ4v) is 4.35. The van der Waals surface area contributed by atoms with Crippen LogP contribution in [0, 0.1) is 17.7 Å². The maximum Gasteiger partial charge on any atom is 0.316 e. The number of nitrogens with two attached hydrogens (primary N) is 1. The van der Waals surface area contributed by atoms with Crippen LogP contribution in [0.5, 0.6) is 0 Å². The molecule has 170 valence electrons. The molecule has 0 radical (unpaired) electrons. The molecule has 7 nitrogen and oxygen atoms in total. The van der Waals surface area contributed by atoms with Gasteiger partial charge in [-0.15, -0.1) is 0 Å². The van der Waals surface area contributed by atoms with Crippen LogP contribution < -0.4 is 16.4 Å². The Kier molecular flexibility index (Phi) is 7.12. The molecule has 0 spiro atoms. The number of nitrogens with one attached hydrogen (secondary N) is 2. The summed E-state index contributed by atoms with van der Waals surface area (Å²) in [5, 5.41) is 14.9. The summed E-state index contributed by atoms with van der Waals surface area (Å²) in [4.78, 5) is 36.2. The average molecular weight is 442 g/mol. The summed E-state index contributed by atoms with van der Waals surface area (Å²) in [6.07, 6.45) is 1.56. The van der Waals surface area contributed by atoms with Gasteiger partial charge in [0.05, 0.1) is 17.9 Å². The van der Waals surface area contributed by atoms with Crippen molar-refractivity contribution in [1.29, 1.82) is 0 Å². The van der Waals surface area contributed by atoms with Gasteiger partial charge in [0.1, 0.15) is 5.82 Å². The van der Waals surface area contributed by atoms with Crippen molar-refractivity contribution in [3.63, 3.8) is 0 Å². The summed E-state index contributed by atoms with van der Waals surface area (Å²) in [6.45, 7) is 3.77. The molecule has 1 aliphatic carbocycles. The zero-order valence-electron chi connectivity index (χ0n) is 18.1. The number of carbonyl (C=O) groups excluding carboxylic acids is 2. The van der Waals surface area contributed by atoms with E-state index in [2.05, 4.69) is 10.6 Å². The van der Waals surface area contributed by atoms with Gasteiger partial charge in [-0.3, -0.25) is 9.59 Å². The van der Waals surface area contributed by atoms with Gasteiger partial charge in [0.15, 0.2) is 0 Å².